The van der Waals surface area contributed by atoms with Crippen molar-refractivity contribution in [3.8, 4) is 0 Å². The first-order chi connectivity index (χ1) is 12.3. The molecule has 0 heterocycles. The summed E-state index contributed by atoms with van der Waals surface area (Å²) < 4.78 is 26.5. The molecule has 6 nitrogen and oxygen atoms in total. The highest BCUT2D eigenvalue weighted by Gasteiger charge is 2.20. The lowest BCUT2D eigenvalue weighted by molar-refractivity contribution is 0.0956. The van der Waals surface area contributed by atoms with Gasteiger partial charge < -0.3 is 5.32 Å². The Bertz CT molecular complexity index is 823. The number of nitrogens with one attached hydrogen (secondary N) is 1. The molecule has 0 atom stereocenters. The molecule has 2 aromatic rings. The summed E-state index contributed by atoms with van der Waals surface area (Å²) in [5.74, 6) is 0.598. The minimum Gasteiger partial charge on any atom is -0.351 e. The zero-order valence-corrected chi connectivity index (χ0v) is 16.7. The number of carbonyl (C=O) groups excluding carboxylic acids is 1. The fourth-order valence-electron chi connectivity index (χ4n) is 2.15. The third-order valence-corrected chi connectivity index (χ3v) is 6.54. The summed E-state index contributed by atoms with van der Waals surface area (Å²) in [5.41, 5.74) is 0.990. The number of nitrogens with zero attached hydrogens (tertiary/aromatic N) is 2. The number of carbonyl (C=O) groups is 1. The van der Waals surface area contributed by atoms with E-state index in [2.05, 4.69) is 5.32 Å². The number of rotatable bonds is 8. The van der Waals surface area contributed by atoms with Gasteiger partial charge in [0, 0.05) is 43.9 Å². The summed E-state index contributed by atoms with van der Waals surface area (Å²) in [4.78, 5) is 13.3. The lowest BCUT2D eigenvalue weighted by atomic mass is 10.2. The zero-order chi connectivity index (χ0) is 19.2. The van der Waals surface area contributed by atoms with E-state index < -0.39 is 10.2 Å². The lowest BCUT2D eigenvalue weighted by Crippen LogP contribution is -2.37. The van der Waals surface area contributed by atoms with Gasteiger partial charge in [0.2, 0.25) is 0 Å². The second-order valence-corrected chi connectivity index (χ2v) is 9.06. The molecule has 1 N–H and O–H groups in total. The van der Waals surface area contributed by atoms with Gasteiger partial charge >= 0.3 is 10.2 Å². The van der Waals surface area contributed by atoms with Crippen LogP contribution in [0.15, 0.2) is 59.5 Å². The van der Waals surface area contributed by atoms with E-state index in [1.807, 2.05) is 30.3 Å². The van der Waals surface area contributed by atoms with Crippen molar-refractivity contribution in [2.24, 2.45) is 0 Å². The topological polar surface area (TPSA) is 69.7 Å². The van der Waals surface area contributed by atoms with Crippen molar-refractivity contribution in [1.29, 1.82) is 0 Å². The lowest BCUT2D eigenvalue weighted by Gasteiger charge is -2.23. The van der Waals surface area contributed by atoms with Gasteiger partial charge in [-0.1, -0.05) is 18.2 Å². The Labute approximate surface area is 159 Å². The Hall–Kier alpha value is -2.03. The predicted molar refractivity (Wildman–Crippen MR) is 107 cm³/mol. The number of amides is 1. The third kappa shape index (κ3) is 5.23. The number of benzene rings is 2. The molecule has 0 radical (unpaired) electrons. The number of hydrogen-bond acceptors (Lipinski definition) is 4. The van der Waals surface area contributed by atoms with Crippen molar-refractivity contribution in [3.05, 3.63) is 60.2 Å². The van der Waals surface area contributed by atoms with Crippen LogP contribution in [0.2, 0.25) is 0 Å². The molecule has 2 aromatic carbocycles. The minimum atomic E-state index is -3.54. The molecule has 0 aliphatic rings. The molecule has 1 amide bonds. The number of hydrogen-bond donors (Lipinski definition) is 1. The molecule has 140 valence electrons. The van der Waals surface area contributed by atoms with Gasteiger partial charge in [-0.25, -0.2) is 0 Å². The maximum absolute atomic E-state index is 12.2. The third-order valence-electron chi connectivity index (χ3n) is 3.70. The van der Waals surface area contributed by atoms with Crippen LogP contribution in [0.1, 0.15) is 10.4 Å². The fraction of sp³-hybridized carbons (Fsp3) is 0.278. The quantitative estimate of drug-likeness (QED) is 0.552. The zero-order valence-electron chi connectivity index (χ0n) is 15.0. The smallest absolute Gasteiger partial charge is 0.303 e. The van der Waals surface area contributed by atoms with E-state index in [-0.39, 0.29) is 5.91 Å². The van der Waals surface area contributed by atoms with Crippen LogP contribution in [0, 0.1) is 0 Å². The first-order valence-electron chi connectivity index (χ1n) is 8.05. The van der Waals surface area contributed by atoms with Crippen LogP contribution in [0.3, 0.4) is 0 Å². The highest BCUT2D eigenvalue weighted by molar-refractivity contribution is 7.99. The maximum atomic E-state index is 12.2. The van der Waals surface area contributed by atoms with E-state index in [1.165, 1.54) is 25.4 Å². The van der Waals surface area contributed by atoms with E-state index >= 15 is 0 Å². The summed E-state index contributed by atoms with van der Waals surface area (Å²) >= 11 is 1.68. The molecular weight excluding hydrogens is 370 g/mol. The van der Waals surface area contributed by atoms with Crippen molar-refractivity contribution < 1.29 is 13.2 Å². The maximum Gasteiger partial charge on any atom is 0.303 e. The molecule has 8 heteroatoms. The minimum absolute atomic E-state index is 0.177. The van der Waals surface area contributed by atoms with Crippen molar-refractivity contribution >= 4 is 33.6 Å². The average molecular weight is 394 g/mol. The van der Waals surface area contributed by atoms with Crippen LogP contribution in [0.4, 0.5) is 5.69 Å². The normalized spacial score (nSPS) is 11.4. The van der Waals surface area contributed by atoms with E-state index in [9.17, 15) is 13.2 Å². The molecule has 2 rings (SSSR count). The van der Waals surface area contributed by atoms with Crippen molar-refractivity contribution in [3.63, 3.8) is 0 Å². The Balaban J connectivity index is 1.88. The molecule has 0 saturated carbocycles. The number of thioether (sulfide) groups is 1. The number of anilines is 1. The Morgan fingerprint density at radius 1 is 1.00 bits per heavy atom. The Morgan fingerprint density at radius 2 is 1.62 bits per heavy atom. The van der Waals surface area contributed by atoms with Gasteiger partial charge in [0.1, 0.15) is 0 Å². The van der Waals surface area contributed by atoms with E-state index in [0.29, 0.717) is 17.8 Å². The molecule has 26 heavy (non-hydrogen) atoms. The van der Waals surface area contributed by atoms with Crippen molar-refractivity contribution in [2.75, 3.05) is 37.7 Å². The molecule has 0 bridgehead atoms. The van der Waals surface area contributed by atoms with Crippen LogP contribution >= 0.6 is 11.8 Å². The molecular formula is C18H23N3O3S2. The first-order valence-corrected chi connectivity index (χ1v) is 10.4. The fourth-order valence-corrected chi connectivity index (χ4v) is 3.82. The molecule has 0 spiro atoms. The van der Waals surface area contributed by atoms with E-state index in [1.54, 1.807) is 36.0 Å². The van der Waals surface area contributed by atoms with Gasteiger partial charge in [0.05, 0.1) is 5.69 Å². The highest BCUT2D eigenvalue weighted by Crippen LogP contribution is 2.18. The predicted octanol–water partition coefficient (Wildman–Crippen LogP) is 2.45. The summed E-state index contributed by atoms with van der Waals surface area (Å²) in [6, 6.07) is 16.5. The van der Waals surface area contributed by atoms with Gasteiger partial charge in [0.25, 0.3) is 5.91 Å². The Morgan fingerprint density at radius 3 is 2.19 bits per heavy atom. The summed E-state index contributed by atoms with van der Waals surface area (Å²) in [5, 5.41) is 2.87. The molecule has 0 aliphatic carbocycles. The second-order valence-electron chi connectivity index (χ2n) is 5.72. The van der Waals surface area contributed by atoms with Gasteiger partial charge in [-0.3, -0.25) is 9.10 Å². The highest BCUT2D eigenvalue weighted by atomic mass is 32.2. The van der Waals surface area contributed by atoms with Crippen LogP contribution in [0.5, 0.6) is 0 Å². The van der Waals surface area contributed by atoms with Gasteiger partial charge in [-0.05, 0) is 36.4 Å². The van der Waals surface area contributed by atoms with Crippen molar-refractivity contribution in [2.45, 2.75) is 4.90 Å². The SMILES string of the molecule is CN(C)S(=O)(=O)N(C)c1ccc(C(=O)NCCSc2ccccc2)cc1. The van der Waals surface area contributed by atoms with Gasteiger partial charge in [-0.2, -0.15) is 12.7 Å². The Kier molecular flexibility index (Phi) is 7.07. The van der Waals surface area contributed by atoms with Crippen LogP contribution < -0.4 is 9.62 Å². The van der Waals surface area contributed by atoms with Crippen LogP contribution in [-0.4, -0.2) is 52.1 Å². The van der Waals surface area contributed by atoms with Crippen LogP contribution in [0.25, 0.3) is 0 Å². The summed E-state index contributed by atoms with van der Waals surface area (Å²) in [6.45, 7) is 0.551. The average Bonchev–Trinajstić information content (AvgIpc) is 2.65. The molecule has 0 aromatic heterocycles. The molecule has 0 saturated heterocycles. The van der Waals surface area contributed by atoms with E-state index in [0.717, 1.165) is 15.0 Å². The standard InChI is InChI=1S/C18H23N3O3S2/c1-20(2)26(23,24)21(3)16-11-9-15(10-12-16)18(22)19-13-14-25-17-7-5-4-6-8-17/h4-12H,13-14H2,1-3H3,(H,19,22). The summed E-state index contributed by atoms with van der Waals surface area (Å²) in [6.07, 6.45) is 0. The second kappa shape index (κ2) is 9.07. The molecule has 0 fully saturated rings. The monoisotopic (exact) mass is 393 g/mol. The molecule has 0 aliphatic heterocycles. The van der Waals surface area contributed by atoms with Crippen molar-refractivity contribution in [1.82, 2.24) is 9.62 Å². The van der Waals surface area contributed by atoms with E-state index in [4.69, 9.17) is 0 Å². The van der Waals surface area contributed by atoms with Gasteiger partial charge in [-0.15, -0.1) is 11.8 Å². The molecule has 0 unspecified atom stereocenters. The van der Waals surface area contributed by atoms with Gasteiger partial charge in [0.15, 0.2) is 0 Å². The van der Waals surface area contributed by atoms with Crippen LogP contribution in [-0.2, 0) is 10.2 Å². The first kappa shape index (κ1) is 20.3. The summed E-state index contributed by atoms with van der Waals surface area (Å²) in [7, 11) is 0.880. The largest absolute Gasteiger partial charge is 0.351 e.